The van der Waals surface area contributed by atoms with Crippen molar-refractivity contribution >= 4 is 17.5 Å². The Balaban J connectivity index is 1.24. The highest BCUT2D eigenvalue weighted by Gasteiger charge is 2.62. The SMILES string of the molecule is O=C(NC[C@H]1[C@H]2CN(Cc3cccc(O)c3)C[C@]23CC[C@H]1O3)c1ccc(Cl)cn1. The number of carbonyl (C=O) groups excluding carboxylic acids is 1. The standard InChI is InChI=1S/C22H24ClN3O3/c23-15-4-5-19(24-9-15)21(28)25-10-17-18-12-26(11-14-2-1-3-16(27)8-14)13-22(18)7-6-20(17)29-22/h1-5,8-9,17-18,20,27H,6-7,10-13H2,(H,25,28)/t17-,18+,20+,22+/m0/s1. The van der Waals surface area contributed by atoms with E-state index in [1.165, 1.54) is 6.20 Å². The molecule has 3 aliphatic heterocycles. The van der Waals surface area contributed by atoms with Crippen molar-refractivity contribution in [2.75, 3.05) is 19.6 Å². The molecular weight excluding hydrogens is 390 g/mol. The molecule has 0 radical (unpaired) electrons. The molecule has 1 spiro atoms. The molecule has 0 saturated carbocycles. The van der Waals surface area contributed by atoms with Gasteiger partial charge in [-0.2, -0.15) is 0 Å². The van der Waals surface area contributed by atoms with E-state index >= 15 is 0 Å². The van der Waals surface area contributed by atoms with E-state index in [1.54, 1.807) is 18.2 Å². The van der Waals surface area contributed by atoms with Crippen molar-refractivity contribution in [1.82, 2.24) is 15.2 Å². The molecule has 4 heterocycles. The van der Waals surface area contributed by atoms with Crippen LogP contribution in [0.4, 0.5) is 0 Å². The molecule has 0 aliphatic carbocycles. The number of amides is 1. The van der Waals surface area contributed by atoms with E-state index in [1.807, 2.05) is 18.2 Å². The Morgan fingerprint density at radius 3 is 3.07 bits per heavy atom. The van der Waals surface area contributed by atoms with Crippen molar-refractivity contribution in [3.05, 3.63) is 58.9 Å². The number of halogens is 1. The van der Waals surface area contributed by atoms with Crippen LogP contribution in [0.15, 0.2) is 42.6 Å². The molecule has 3 aliphatic rings. The number of ether oxygens (including phenoxy) is 1. The first-order chi connectivity index (χ1) is 14.0. The summed E-state index contributed by atoms with van der Waals surface area (Å²) < 4.78 is 6.47. The highest BCUT2D eigenvalue weighted by Crippen LogP contribution is 2.54. The van der Waals surface area contributed by atoms with E-state index in [0.717, 1.165) is 38.0 Å². The predicted molar refractivity (Wildman–Crippen MR) is 109 cm³/mol. The number of fused-ring (bicyclic) bond motifs is 1. The van der Waals surface area contributed by atoms with Gasteiger partial charge in [-0.25, -0.2) is 4.98 Å². The molecule has 1 amide bonds. The number of rotatable bonds is 5. The van der Waals surface area contributed by atoms with Crippen LogP contribution in [0.25, 0.3) is 0 Å². The molecule has 1 aromatic heterocycles. The molecule has 152 valence electrons. The van der Waals surface area contributed by atoms with Crippen molar-refractivity contribution in [2.24, 2.45) is 11.8 Å². The lowest BCUT2D eigenvalue weighted by Crippen LogP contribution is -2.42. The number of phenols is 1. The van der Waals surface area contributed by atoms with Crippen LogP contribution in [-0.4, -0.2) is 52.2 Å². The summed E-state index contributed by atoms with van der Waals surface area (Å²) in [6, 6.07) is 10.8. The lowest BCUT2D eigenvalue weighted by molar-refractivity contribution is 0.00212. The average Bonchev–Trinajstić information content (AvgIpc) is 3.34. The summed E-state index contributed by atoms with van der Waals surface area (Å²) in [5, 5.41) is 13.3. The zero-order valence-electron chi connectivity index (χ0n) is 16.1. The highest BCUT2D eigenvalue weighted by molar-refractivity contribution is 6.30. The van der Waals surface area contributed by atoms with Crippen molar-refractivity contribution < 1.29 is 14.6 Å². The van der Waals surface area contributed by atoms with E-state index in [0.29, 0.717) is 34.8 Å². The van der Waals surface area contributed by atoms with Crippen LogP contribution in [0.5, 0.6) is 5.75 Å². The van der Waals surface area contributed by atoms with Gasteiger partial charge < -0.3 is 15.2 Å². The van der Waals surface area contributed by atoms with Crippen LogP contribution in [0.3, 0.4) is 0 Å². The van der Waals surface area contributed by atoms with E-state index in [-0.39, 0.29) is 17.6 Å². The molecule has 7 heteroatoms. The normalized spacial score (nSPS) is 30.4. The lowest BCUT2D eigenvalue weighted by Gasteiger charge is -2.29. The second kappa shape index (κ2) is 7.27. The Bertz CT molecular complexity index is 922. The molecule has 2 aromatic rings. The fraction of sp³-hybridized carbons (Fsp3) is 0.455. The maximum absolute atomic E-state index is 12.5. The van der Waals surface area contributed by atoms with E-state index in [4.69, 9.17) is 16.3 Å². The molecule has 3 saturated heterocycles. The Hall–Kier alpha value is -2.15. The summed E-state index contributed by atoms with van der Waals surface area (Å²) in [4.78, 5) is 19.0. The van der Waals surface area contributed by atoms with Crippen LogP contribution >= 0.6 is 11.6 Å². The predicted octanol–water partition coefficient (Wildman–Crippen LogP) is 2.85. The van der Waals surface area contributed by atoms with Crippen LogP contribution in [0, 0.1) is 11.8 Å². The topological polar surface area (TPSA) is 74.7 Å². The Morgan fingerprint density at radius 2 is 2.28 bits per heavy atom. The molecule has 29 heavy (non-hydrogen) atoms. The summed E-state index contributed by atoms with van der Waals surface area (Å²) in [6.45, 7) is 3.26. The second-order valence-electron chi connectivity index (χ2n) is 8.44. The number of likely N-dealkylation sites (tertiary alicyclic amines) is 1. The number of phenolic OH excluding ortho intramolecular Hbond substituents is 1. The third kappa shape index (κ3) is 3.50. The number of aromatic nitrogens is 1. The number of pyridine rings is 1. The number of aromatic hydroxyl groups is 1. The average molecular weight is 414 g/mol. The van der Waals surface area contributed by atoms with Crippen LogP contribution < -0.4 is 5.32 Å². The minimum absolute atomic E-state index is 0.0879. The number of nitrogens with one attached hydrogen (secondary N) is 1. The summed E-state index contributed by atoms with van der Waals surface area (Å²) in [5.41, 5.74) is 1.40. The molecule has 3 fully saturated rings. The zero-order valence-corrected chi connectivity index (χ0v) is 16.8. The van der Waals surface area contributed by atoms with E-state index in [9.17, 15) is 9.90 Å². The maximum atomic E-state index is 12.5. The minimum atomic E-state index is -0.173. The molecule has 6 nitrogen and oxygen atoms in total. The van der Waals surface area contributed by atoms with Gasteiger partial charge >= 0.3 is 0 Å². The van der Waals surface area contributed by atoms with Gasteiger partial charge in [0.15, 0.2) is 0 Å². The van der Waals surface area contributed by atoms with Gasteiger partial charge in [0.25, 0.3) is 5.91 Å². The first-order valence-electron chi connectivity index (χ1n) is 10.1. The zero-order chi connectivity index (χ0) is 20.0. The van der Waals surface area contributed by atoms with Gasteiger partial charge in [0.05, 0.1) is 16.7 Å². The van der Waals surface area contributed by atoms with Crippen LogP contribution in [0.2, 0.25) is 5.02 Å². The maximum Gasteiger partial charge on any atom is 0.269 e. The summed E-state index contributed by atoms with van der Waals surface area (Å²) in [5.74, 6) is 0.855. The third-order valence-corrected chi connectivity index (χ3v) is 6.85. The van der Waals surface area contributed by atoms with Crippen LogP contribution in [-0.2, 0) is 11.3 Å². The van der Waals surface area contributed by atoms with E-state index < -0.39 is 0 Å². The molecular formula is C22H24ClN3O3. The number of hydrogen-bond acceptors (Lipinski definition) is 5. The first-order valence-corrected chi connectivity index (χ1v) is 10.5. The first kappa shape index (κ1) is 18.9. The molecule has 4 atom stereocenters. The third-order valence-electron chi connectivity index (χ3n) is 6.63. The lowest BCUT2D eigenvalue weighted by atomic mass is 9.73. The number of hydrogen-bond donors (Lipinski definition) is 2. The Labute approximate surface area is 174 Å². The number of nitrogens with zero attached hydrogens (tertiary/aromatic N) is 2. The van der Waals surface area contributed by atoms with Gasteiger partial charge in [-0.15, -0.1) is 0 Å². The van der Waals surface area contributed by atoms with Crippen molar-refractivity contribution in [2.45, 2.75) is 31.1 Å². The van der Waals surface area contributed by atoms with Gasteiger partial charge in [-0.3, -0.25) is 9.69 Å². The fourth-order valence-electron chi connectivity index (χ4n) is 5.40. The Kier molecular flexibility index (Phi) is 4.73. The van der Waals surface area contributed by atoms with Crippen molar-refractivity contribution in [3.63, 3.8) is 0 Å². The fourth-order valence-corrected chi connectivity index (χ4v) is 5.52. The van der Waals surface area contributed by atoms with Crippen LogP contribution in [0.1, 0.15) is 28.9 Å². The summed E-state index contributed by atoms with van der Waals surface area (Å²) in [7, 11) is 0. The Morgan fingerprint density at radius 1 is 1.38 bits per heavy atom. The van der Waals surface area contributed by atoms with Gasteiger partial charge in [0.1, 0.15) is 11.4 Å². The van der Waals surface area contributed by atoms with E-state index in [2.05, 4.69) is 15.2 Å². The van der Waals surface area contributed by atoms with Crippen molar-refractivity contribution in [3.8, 4) is 5.75 Å². The molecule has 2 bridgehead atoms. The molecule has 1 aromatic carbocycles. The summed E-state index contributed by atoms with van der Waals surface area (Å²) >= 11 is 5.85. The molecule has 0 unspecified atom stereocenters. The van der Waals surface area contributed by atoms with Gasteiger partial charge in [0.2, 0.25) is 0 Å². The summed E-state index contributed by atoms with van der Waals surface area (Å²) in [6.07, 6.45) is 3.85. The molecule has 2 N–H and O–H groups in total. The largest absolute Gasteiger partial charge is 0.508 e. The highest BCUT2D eigenvalue weighted by atomic mass is 35.5. The van der Waals surface area contributed by atoms with Crippen molar-refractivity contribution in [1.29, 1.82) is 0 Å². The number of carbonyl (C=O) groups is 1. The smallest absolute Gasteiger partial charge is 0.269 e. The second-order valence-corrected chi connectivity index (χ2v) is 8.88. The monoisotopic (exact) mass is 413 g/mol. The molecule has 5 rings (SSSR count). The van der Waals surface area contributed by atoms with Gasteiger partial charge in [-0.05, 0) is 42.7 Å². The minimum Gasteiger partial charge on any atom is -0.508 e. The quantitative estimate of drug-likeness (QED) is 0.788. The van der Waals surface area contributed by atoms with Gasteiger partial charge in [0, 0.05) is 44.2 Å². The number of benzene rings is 1. The van der Waals surface area contributed by atoms with Gasteiger partial charge in [-0.1, -0.05) is 23.7 Å².